The summed E-state index contributed by atoms with van der Waals surface area (Å²) in [5.41, 5.74) is 0. The quantitative estimate of drug-likeness (QED) is 0.681. The highest BCUT2D eigenvalue weighted by Crippen LogP contribution is 2.28. The van der Waals surface area contributed by atoms with Gasteiger partial charge in [0.15, 0.2) is 0 Å². The fourth-order valence-electron chi connectivity index (χ4n) is 2.03. The second-order valence-corrected chi connectivity index (χ2v) is 4.35. The third kappa shape index (κ3) is 4.96. The lowest BCUT2D eigenvalue weighted by Gasteiger charge is -2.21. The third-order valence-electron chi connectivity index (χ3n) is 3.02. The van der Waals surface area contributed by atoms with E-state index in [1.807, 2.05) is 0 Å². The Morgan fingerprint density at radius 1 is 0.938 bits per heavy atom. The van der Waals surface area contributed by atoms with Crippen LogP contribution >= 0.6 is 0 Å². The van der Waals surface area contributed by atoms with Crippen LogP contribution in [-0.2, 0) is 9.59 Å². The molecule has 0 spiro atoms. The molecule has 4 nitrogen and oxygen atoms in total. The maximum Gasteiger partial charge on any atom is 0.303 e. The van der Waals surface area contributed by atoms with Crippen LogP contribution in [0, 0.1) is 11.8 Å². The summed E-state index contributed by atoms with van der Waals surface area (Å²) in [6, 6.07) is 0. The summed E-state index contributed by atoms with van der Waals surface area (Å²) in [5.74, 6) is -0.780. The molecule has 16 heavy (non-hydrogen) atoms. The molecule has 0 bridgehead atoms. The van der Waals surface area contributed by atoms with E-state index in [1.54, 1.807) is 0 Å². The lowest BCUT2D eigenvalue weighted by molar-refractivity contribution is -0.138. The second kappa shape index (κ2) is 6.30. The second-order valence-electron chi connectivity index (χ2n) is 4.35. The van der Waals surface area contributed by atoms with Crippen LogP contribution in [0.25, 0.3) is 0 Å². The van der Waals surface area contributed by atoms with Gasteiger partial charge in [0.2, 0.25) is 0 Å². The molecular formula is C12H18O4. The summed E-state index contributed by atoms with van der Waals surface area (Å²) in [7, 11) is 0. The van der Waals surface area contributed by atoms with Gasteiger partial charge in [-0.3, -0.25) is 9.59 Å². The van der Waals surface area contributed by atoms with Crippen LogP contribution in [-0.4, -0.2) is 22.2 Å². The first-order valence-corrected chi connectivity index (χ1v) is 5.70. The van der Waals surface area contributed by atoms with Crippen LogP contribution in [0.4, 0.5) is 0 Å². The zero-order chi connectivity index (χ0) is 12.0. The summed E-state index contributed by atoms with van der Waals surface area (Å²) >= 11 is 0. The first-order chi connectivity index (χ1) is 7.58. The molecule has 0 fully saturated rings. The number of aliphatic carboxylic acids is 2. The number of carboxylic acid groups (broad SMARTS) is 2. The molecule has 0 saturated heterocycles. The Kier molecular flexibility index (Phi) is 5.02. The summed E-state index contributed by atoms with van der Waals surface area (Å²) in [6.45, 7) is 0. The van der Waals surface area contributed by atoms with Crippen LogP contribution in [0.5, 0.6) is 0 Å². The Hall–Kier alpha value is -1.32. The molecule has 0 aliphatic heterocycles. The number of carbonyl (C=O) groups is 2. The molecule has 0 aromatic carbocycles. The third-order valence-corrected chi connectivity index (χ3v) is 3.02. The van der Waals surface area contributed by atoms with Crippen molar-refractivity contribution in [1.82, 2.24) is 0 Å². The van der Waals surface area contributed by atoms with E-state index in [1.165, 1.54) is 0 Å². The molecule has 1 aliphatic rings. The van der Waals surface area contributed by atoms with E-state index in [-0.39, 0.29) is 12.8 Å². The molecule has 1 rings (SSSR count). The predicted molar refractivity (Wildman–Crippen MR) is 59.1 cm³/mol. The Morgan fingerprint density at radius 3 is 1.56 bits per heavy atom. The Labute approximate surface area is 95.0 Å². The average molecular weight is 226 g/mol. The summed E-state index contributed by atoms with van der Waals surface area (Å²) < 4.78 is 0. The zero-order valence-electron chi connectivity index (χ0n) is 9.26. The van der Waals surface area contributed by atoms with Gasteiger partial charge in [0.1, 0.15) is 0 Å². The maximum atomic E-state index is 10.4. The van der Waals surface area contributed by atoms with Crippen LogP contribution in [0.3, 0.4) is 0 Å². The van der Waals surface area contributed by atoms with E-state index in [2.05, 4.69) is 12.2 Å². The molecule has 90 valence electrons. The smallest absolute Gasteiger partial charge is 0.303 e. The van der Waals surface area contributed by atoms with Crippen molar-refractivity contribution in [1.29, 1.82) is 0 Å². The van der Waals surface area contributed by atoms with Gasteiger partial charge in [0, 0.05) is 12.8 Å². The molecule has 0 heterocycles. The highest BCUT2D eigenvalue weighted by Gasteiger charge is 2.17. The largest absolute Gasteiger partial charge is 0.481 e. The highest BCUT2D eigenvalue weighted by atomic mass is 16.4. The van der Waals surface area contributed by atoms with Gasteiger partial charge in [-0.15, -0.1) is 0 Å². The topological polar surface area (TPSA) is 74.6 Å². The van der Waals surface area contributed by atoms with Gasteiger partial charge in [-0.25, -0.2) is 0 Å². The molecule has 0 radical (unpaired) electrons. The van der Waals surface area contributed by atoms with Crippen molar-refractivity contribution >= 4 is 11.9 Å². The summed E-state index contributed by atoms with van der Waals surface area (Å²) in [6.07, 6.45) is 7.89. The van der Waals surface area contributed by atoms with Gasteiger partial charge in [-0.2, -0.15) is 0 Å². The first kappa shape index (κ1) is 12.7. The van der Waals surface area contributed by atoms with E-state index < -0.39 is 11.9 Å². The molecule has 1 aliphatic carbocycles. The number of hydrogen-bond donors (Lipinski definition) is 2. The van der Waals surface area contributed by atoms with Gasteiger partial charge in [0.25, 0.3) is 0 Å². The normalized spacial score (nSPS) is 24.2. The van der Waals surface area contributed by atoms with Crippen LogP contribution in [0.1, 0.15) is 38.5 Å². The molecule has 4 heteroatoms. The van der Waals surface area contributed by atoms with Crippen molar-refractivity contribution in [2.75, 3.05) is 0 Å². The standard InChI is InChI=1S/C12H18O4/c13-11(14)7-5-9-1-2-10(4-3-9)6-8-12(15)16/h1-2,9-10H,3-8H2,(H,13,14)(H,15,16). The Bertz CT molecular complexity index is 255. The fourth-order valence-corrected chi connectivity index (χ4v) is 2.03. The minimum absolute atomic E-state index is 0.217. The monoisotopic (exact) mass is 226 g/mol. The zero-order valence-corrected chi connectivity index (χ0v) is 9.26. The van der Waals surface area contributed by atoms with Gasteiger partial charge < -0.3 is 10.2 Å². The minimum Gasteiger partial charge on any atom is -0.481 e. The summed E-state index contributed by atoms with van der Waals surface area (Å²) in [5, 5.41) is 17.1. The van der Waals surface area contributed by atoms with Crippen LogP contribution < -0.4 is 0 Å². The molecule has 2 unspecified atom stereocenters. The van der Waals surface area contributed by atoms with E-state index in [0.29, 0.717) is 24.7 Å². The van der Waals surface area contributed by atoms with Crippen molar-refractivity contribution in [3.05, 3.63) is 12.2 Å². The van der Waals surface area contributed by atoms with E-state index in [0.717, 1.165) is 12.8 Å². The predicted octanol–water partition coefficient (Wildman–Crippen LogP) is 2.30. The lowest BCUT2D eigenvalue weighted by atomic mass is 9.84. The van der Waals surface area contributed by atoms with Crippen molar-refractivity contribution in [3.63, 3.8) is 0 Å². The molecule has 2 atom stereocenters. The van der Waals surface area contributed by atoms with Crippen LogP contribution in [0.15, 0.2) is 12.2 Å². The van der Waals surface area contributed by atoms with Crippen molar-refractivity contribution in [2.45, 2.75) is 38.5 Å². The van der Waals surface area contributed by atoms with Crippen molar-refractivity contribution < 1.29 is 19.8 Å². The van der Waals surface area contributed by atoms with Gasteiger partial charge in [-0.1, -0.05) is 12.2 Å². The van der Waals surface area contributed by atoms with Crippen molar-refractivity contribution in [3.8, 4) is 0 Å². The van der Waals surface area contributed by atoms with E-state index in [4.69, 9.17) is 10.2 Å². The molecule has 2 N–H and O–H groups in total. The summed E-state index contributed by atoms with van der Waals surface area (Å²) in [4.78, 5) is 20.8. The molecular weight excluding hydrogens is 208 g/mol. The Balaban J connectivity index is 2.25. The minimum atomic E-state index is -0.749. The van der Waals surface area contributed by atoms with Gasteiger partial charge >= 0.3 is 11.9 Å². The van der Waals surface area contributed by atoms with E-state index >= 15 is 0 Å². The number of carboxylic acids is 2. The molecule has 0 amide bonds. The number of allylic oxidation sites excluding steroid dienone is 2. The van der Waals surface area contributed by atoms with Crippen molar-refractivity contribution in [2.24, 2.45) is 11.8 Å². The molecule has 0 aromatic heterocycles. The molecule has 0 saturated carbocycles. The van der Waals surface area contributed by atoms with Crippen LogP contribution in [0.2, 0.25) is 0 Å². The number of rotatable bonds is 6. The van der Waals surface area contributed by atoms with Gasteiger partial charge in [-0.05, 0) is 37.5 Å². The SMILES string of the molecule is O=C(O)CCC1C=CC(CCC(=O)O)CC1. The fraction of sp³-hybridized carbons (Fsp3) is 0.667. The van der Waals surface area contributed by atoms with E-state index in [9.17, 15) is 9.59 Å². The molecule has 0 aromatic rings. The maximum absolute atomic E-state index is 10.4. The Morgan fingerprint density at radius 2 is 1.31 bits per heavy atom. The van der Waals surface area contributed by atoms with Gasteiger partial charge in [0.05, 0.1) is 0 Å². The highest BCUT2D eigenvalue weighted by molar-refractivity contribution is 5.67. The lowest BCUT2D eigenvalue weighted by Crippen LogP contribution is -2.11. The first-order valence-electron chi connectivity index (χ1n) is 5.70. The number of hydrogen-bond acceptors (Lipinski definition) is 2. The average Bonchev–Trinajstić information content (AvgIpc) is 2.25.